The van der Waals surface area contributed by atoms with E-state index in [-0.39, 0.29) is 0 Å². The number of hydrogen-bond acceptors (Lipinski definition) is 0. The van der Waals surface area contributed by atoms with E-state index >= 15 is 0 Å². The van der Waals surface area contributed by atoms with Gasteiger partial charge < -0.3 is 0 Å². The van der Waals surface area contributed by atoms with Gasteiger partial charge in [-0.15, -0.1) is 6.58 Å². The first-order valence-corrected chi connectivity index (χ1v) is 10.1. The molecule has 2 atom stereocenters. The van der Waals surface area contributed by atoms with Crippen LogP contribution in [0.1, 0.15) is 112 Å². The first kappa shape index (κ1) is 24.0. The van der Waals surface area contributed by atoms with Crippen LogP contribution < -0.4 is 0 Å². The van der Waals surface area contributed by atoms with Gasteiger partial charge in [-0.2, -0.15) is 0 Å². The third kappa shape index (κ3) is 19.7. The van der Waals surface area contributed by atoms with Gasteiger partial charge in [-0.1, -0.05) is 112 Å². The molecule has 1 aliphatic rings. The summed E-state index contributed by atoms with van der Waals surface area (Å²) in [4.78, 5) is 0. The van der Waals surface area contributed by atoms with Crippen LogP contribution in [0.4, 0.5) is 0 Å². The van der Waals surface area contributed by atoms with Crippen molar-refractivity contribution in [3.63, 3.8) is 0 Å². The molecule has 0 aliphatic heterocycles. The first-order chi connectivity index (χ1) is 10.5. The third-order valence-corrected chi connectivity index (χ3v) is 4.72. The Morgan fingerprint density at radius 1 is 0.909 bits per heavy atom. The smallest absolute Gasteiger partial charge is 0.0328 e. The zero-order valence-corrected chi connectivity index (χ0v) is 16.8. The minimum atomic E-state index is 0.845. The van der Waals surface area contributed by atoms with Gasteiger partial charge in [-0.25, -0.2) is 0 Å². The van der Waals surface area contributed by atoms with Gasteiger partial charge in [0.15, 0.2) is 0 Å². The fourth-order valence-electron chi connectivity index (χ4n) is 2.90. The maximum absolute atomic E-state index is 3.68. The summed E-state index contributed by atoms with van der Waals surface area (Å²) in [5, 5.41) is 0. The second-order valence-corrected chi connectivity index (χ2v) is 7.46. The van der Waals surface area contributed by atoms with Crippen LogP contribution in [0.3, 0.4) is 0 Å². The van der Waals surface area contributed by atoms with Gasteiger partial charge in [0.1, 0.15) is 0 Å². The molecule has 0 aromatic carbocycles. The van der Waals surface area contributed by atoms with Gasteiger partial charge in [0.25, 0.3) is 0 Å². The lowest BCUT2D eigenvalue weighted by atomic mass is 9.91. The Balaban J connectivity index is 0. The van der Waals surface area contributed by atoms with Gasteiger partial charge in [-0.3, -0.25) is 0 Å². The van der Waals surface area contributed by atoms with E-state index in [1.807, 2.05) is 6.08 Å². The lowest BCUT2D eigenvalue weighted by Gasteiger charge is -2.15. The van der Waals surface area contributed by atoms with Crippen LogP contribution in [-0.2, 0) is 0 Å². The molecular weight excluding hydrogens is 264 g/mol. The number of rotatable bonds is 7. The topological polar surface area (TPSA) is 0 Å². The molecule has 0 bridgehead atoms. The molecule has 0 saturated heterocycles. The van der Waals surface area contributed by atoms with E-state index < -0.39 is 0 Å². The highest BCUT2D eigenvalue weighted by molar-refractivity contribution is 4.69. The van der Waals surface area contributed by atoms with Crippen molar-refractivity contribution in [2.24, 2.45) is 17.8 Å². The maximum atomic E-state index is 3.68. The molecule has 134 valence electrons. The molecule has 0 aromatic rings. The summed E-state index contributed by atoms with van der Waals surface area (Å²) >= 11 is 0. The zero-order valence-electron chi connectivity index (χ0n) is 16.8. The van der Waals surface area contributed by atoms with Crippen LogP contribution in [0, 0.1) is 17.8 Å². The summed E-state index contributed by atoms with van der Waals surface area (Å²) in [5.74, 6) is 2.83. The molecule has 0 radical (unpaired) electrons. The largest absolute Gasteiger partial charge is 0.103 e. The van der Waals surface area contributed by atoms with E-state index in [1.54, 1.807) is 0 Å². The van der Waals surface area contributed by atoms with Crippen LogP contribution in [0.25, 0.3) is 0 Å². The lowest BCUT2D eigenvalue weighted by molar-refractivity contribution is 0.385. The molecule has 1 rings (SSSR count). The Labute approximate surface area is 143 Å². The average Bonchev–Trinajstić information content (AvgIpc) is 2.50. The van der Waals surface area contributed by atoms with Crippen molar-refractivity contribution >= 4 is 0 Å². The minimum absolute atomic E-state index is 0.845. The van der Waals surface area contributed by atoms with Gasteiger partial charge in [0.2, 0.25) is 0 Å². The minimum Gasteiger partial charge on any atom is -0.103 e. The van der Waals surface area contributed by atoms with Crippen LogP contribution in [0.2, 0.25) is 0 Å². The van der Waals surface area contributed by atoms with Gasteiger partial charge in [0.05, 0.1) is 0 Å². The van der Waals surface area contributed by atoms with Gasteiger partial charge in [0, 0.05) is 0 Å². The van der Waals surface area contributed by atoms with E-state index in [1.165, 1.54) is 70.6 Å². The molecule has 1 saturated carbocycles. The Morgan fingerprint density at radius 3 is 1.68 bits per heavy atom. The SMILES string of the molecule is C=CCC(C)CCC.CC1CCCCC1.CCCC(C)CC. The maximum Gasteiger partial charge on any atom is -0.0328 e. The van der Waals surface area contributed by atoms with Crippen molar-refractivity contribution in [2.45, 2.75) is 112 Å². The molecule has 2 unspecified atom stereocenters. The van der Waals surface area contributed by atoms with Gasteiger partial charge in [-0.05, 0) is 24.2 Å². The highest BCUT2D eigenvalue weighted by Gasteiger charge is 2.05. The predicted octanol–water partition coefficient (Wildman–Crippen LogP) is 8.42. The number of hydrogen-bond donors (Lipinski definition) is 0. The quantitative estimate of drug-likeness (QED) is 0.414. The highest BCUT2D eigenvalue weighted by Crippen LogP contribution is 2.22. The fourth-order valence-corrected chi connectivity index (χ4v) is 2.90. The molecule has 22 heavy (non-hydrogen) atoms. The van der Waals surface area contributed by atoms with Crippen LogP contribution >= 0.6 is 0 Å². The van der Waals surface area contributed by atoms with Crippen molar-refractivity contribution in [1.29, 1.82) is 0 Å². The van der Waals surface area contributed by atoms with Crippen molar-refractivity contribution in [2.75, 3.05) is 0 Å². The van der Waals surface area contributed by atoms with E-state index in [0.29, 0.717) is 0 Å². The molecule has 1 aliphatic carbocycles. The van der Waals surface area contributed by atoms with Crippen molar-refractivity contribution < 1.29 is 0 Å². The van der Waals surface area contributed by atoms with E-state index in [4.69, 9.17) is 0 Å². The molecule has 0 amide bonds. The molecule has 0 aromatic heterocycles. The molecule has 0 nitrogen and oxygen atoms in total. The zero-order chi connectivity index (χ0) is 17.2. The van der Waals surface area contributed by atoms with E-state index in [9.17, 15) is 0 Å². The normalized spacial score (nSPS) is 17.4. The Kier molecular flexibility index (Phi) is 20.5. The molecular formula is C22H46. The average molecular weight is 311 g/mol. The van der Waals surface area contributed by atoms with Gasteiger partial charge >= 0.3 is 0 Å². The summed E-state index contributed by atoms with van der Waals surface area (Å²) in [5.41, 5.74) is 0. The molecule has 0 spiro atoms. The molecule has 1 fully saturated rings. The van der Waals surface area contributed by atoms with Crippen LogP contribution in [-0.4, -0.2) is 0 Å². The summed E-state index contributed by atoms with van der Waals surface area (Å²) in [6, 6.07) is 0. The monoisotopic (exact) mass is 310 g/mol. The first-order valence-electron chi connectivity index (χ1n) is 10.1. The second kappa shape index (κ2) is 18.8. The van der Waals surface area contributed by atoms with Crippen LogP contribution in [0.15, 0.2) is 12.7 Å². The molecule has 0 N–H and O–H groups in total. The summed E-state index contributed by atoms with van der Waals surface area (Å²) < 4.78 is 0. The van der Waals surface area contributed by atoms with Crippen LogP contribution in [0.5, 0.6) is 0 Å². The lowest BCUT2D eigenvalue weighted by Crippen LogP contribution is -1.99. The third-order valence-electron chi connectivity index (χ3n) is 4.72. The second-order valence-electron chi connectivity index (χ2n) is 7.46. The predicted molar refractivity (Wildman–Crippen MR) is 105 cm³/mol. The Morgan fingerprint density at radius 2 is 1.41 bits per heavy atom. The Hall–Kier alpha value is -0.260. The van der Waals surface area contributed by atoms with Crippen molar-refractivity contribution in [1.82, 2.24) is 0 Å². The summed E-state index contributed by atoms with van der Waals surface area (Å²) in [6.07, 6.45) is 17.3. The highest BCUT2D eigenvalue weighted by atomic mass is 14.1. The molecule has 0 heterocycles. The summed E-state index contributed by atoms with van der Waals surface area (Å²) in [6.45, 7) is 17.3. The number of allylic oxidation sites excluding steroid dienone is 1. The van der Waals surface area contributed by atoms with Crippen molar-refractivity contribution in [3.05, 3.63) is 12.7 Å². The van der Waals surface area contributed by atoms with E-state index in [0.717, 1.165) is 17.8 Å². The molecule has 0 heteroatoms. The van der Waals surface area contributed by atoms with Crippen molar-refractivity contribution in [3.8, 4) is 0 Å². The van der Waals surface area contributed by atoms with E-state index in [2.05, 4.69) is 48.1 Å². The fraction of sp³-hybridized carbons (Fsp3) is 0.909. The Bertz CT molecular complexity index is 197. The summed E-state index contributed by atoms with van der Waals surface area (Å²) in [7, 11) is 0. The standard InChI is InChI=1S/C8H16.C7H14.C7H16/c1-4-6-8(3)7-5-2;1-7-5-3-2-4-6-7;1-4-6-7(3)5-2/h4,8H,1,5-7H2,2-3H3;7H,2-6H2,1H3;7H,4-6H2,1-3H3.